The van der Waals surface area contributed by atoms with Crippen LogP contribution in [0, 0.1) is 0 Å². The van der Waals surface area contributed by atoms with Crippen molar-refractivity contribution >= 4 is 5.97 Å². The molecule has 0 bridgehead atoms. The molecule has 2 nitrogen and oxygen atoms in total. The second-order valence-corrected chi connectivity index (χ2v) is 3.91. The highest BCUT2D eigenvalue weighted by molar-refractivity contribution is 5.70. The molecule has 0 amide bonds. The first-order valence-electron chi connectivity index (χ1n) is 4.38. The topological polar surface area (TPSA) is 26.3 Å². The Morgan fingerprint density at radius 1 is 1.75 bits per heavy atom. The van der Waals surface area contributed by atoms with Crippen molar-refractivity contribution in [2.45, 2.75) is 45.1 Å². The number of hydrogen-bond acceptors (Lipinski definition) is 2. The van der Waals surface area contributed by atoms with Crippen LogP contribution in [0.2, 0.25) is 0 Å². The van der Waals surface area contributed by atoms with E-state index in [1.54, 1.807) is 0 Å². The summed E-state index contributed by atoms with van der Waals surface area (Å²) in [5.41, 5.74) is 0.799. The lowest BCUT2D eigenvalue weighted by atomic mass is 9.90. The van der Waals surface area contributed by atoms with E-state index in [9.17, 15) is 4.79 Å². The van der Waals surface area contributed by atoms with Gasteiger partial charge in [0.15, 0.2) is 0 Å². The summed E-state index contributed by atoms with van der Waals surface area (Å²) >= 11 is 0. The minimum absolute atomic E-state index is 0.0648. The van der Waals surface area contributed by atoms with Crippen molar-refractivity contribution in [2.75, 3.05) is 0 Å². The van der Waals surface area contributed by atoms with Crippen LogP contribution in [0.1, 0.15) is 39.5 Å². The molecule has 0 saturated carbocycles. The smallest absolute Gasteiger partial charge is 0.306 e. The molecule has 0 radical (unpaired) electrons. The highest BCUT2D eigenvalue weighted by Gasteiger charge is 2.32. The zero-order chi connectivity index (χ0) is 9.19. The average molecular weight is 168 g/mol. The van der Waals surface area contributed by atoms with Gasteiger partial charge in [0, 0.05) is 12.8 Å². The van der Waals surface area contributed by atoms with Crippen LogP contribution in [0.4, 0.5) is 0 Å². The molecule has 0 aliphatic carbocycles. The van der Waals surface area contributed by atoms with Crippen molar-refractivity contribution in [3.05, 3.63) is 12.2 Å². The molecule has 1 rings (SSSR count). The van der Waals surface area contributed by atoms with E-state index in [1.165, 1.54) is 0 Å². The summed E-state index contributed by atoms with van der Waals surface area (Å²) in [5.74, 6) is -0.0648. The number of carbonyl (C=O) groups excluding carboxylic acids is 1. The summed E-state index contributed by atoms with van der Waals surface area (Å²) < 4.78 is 5.28. The third kappa shape index (κ3) is 2.36. The summed E-state index contributed by atoms with van der Waals surface area (Å²) in [5, 5.41) is 0. The van der Waals surface area contributed by atoms with Crippen molar-refractivity contribution in [2.24, 2.45) is 0 Å². The molecule has 1 heterocycles. The van der Waals surface area contributed by atoms with E-state index in [0.717, 1.165) is 24.8 Å². The predicted octanol–water partition coefficient (Wildman–Crippen LogP) is 2.44. The molecular weight excluding hydrogens is 152 g/mol. The normalized spacial score (nSPS) is 29.7. The second-order valence-electron chi connectivity index (χ2n) is 3.91. The van der Waals surface area contributed by atoms with Crippen LogP contribution in [-0.4, -0.2) is 11.6 Å². The fourth-order valence-corrected chi connectivity index (χ4v) is 1.75. The van der Waals surface area contributed by atoms with Gasteiger partial charge in [-0.25, -0.2) is 0 Å². The number of cyclic esters (lactones) is 1. The van der Waals surface area contributed by atoms with Crippen molar-refractivity contribution in [3.63, 3.8) is 0 Å². The third-order valence-electron chi connectivity index (χ3n) is 2.12. The van der Waals surface area contributed by atoms with Crippen LogP contribution in [0.5, 0.6) is 0 Å². The van der Waals surface area contributed by atoms with Crippen molar-refractivity contribution in [1.29, 1.82) is 0 Å². The van der Waals surface area contributed by atoms with Gasteiger partial charge < -0.3 is 4.74 Å². The Balaban J connectivity index is 2.57. The maximum absolute atomic E-state index is 11.0. The Kier molecular flexibility index (Phi) is 2.55. The minimum atomic E-state index is -0.277. The van der Waals surface area contributed by atoms with E-state index in [-0.39, 0.29) is 11.6 Å². The molecular formula is C10H16O2. The summed E-state index contributed by atoms with van der Waals surface area (Å²) in [6.07, 6.45) is 3.28. The molecule has 1 unspecified atom stereocenters. The first-order chi connectivity index (χ1) is 5.52. The lowest BCUT2D eigenvalue weighted by molar-refractivity contribution is -0.164. The maximum atomic E-state index is 11.0. The third-order valence-corrected chi connectivity index (χ3v) is 2.12. The molecule has 1 saturated heterocycles. The molecule has 1 atom stereocenters. The highest BCUT2D eigenvalue weighted by Crippen LogP contribution is 2.30. The molecule has 1 aliphatic heterocycles. The van der Waals surface area contributed by atoms with E-state index in [1.807, 2.05) is 13.8 Å². The zero-order valence-electron chi connectivity index (χ0n) is 7.85. The molecule has 12 heavy (non-hydrogen) atoms. The fraction of sp³-hybridized carbons (Fsp3) is 0.700. The van der Waals surface area contributed by atoms with Gasteiger partial charge in [-0.3, -0.25) is 4.79 Å². The van der Waals surface area contributed by atoms with Gasteiger partial charge in [0.1, 0.15) is 5.60 Å². The SMILES string of the molecule is C=C(C)CC1(C)CCCC(=O)O1. The molecule has 0 N–H and O–H groups in total. The van der Waals surface area contributed by atoms with E-state index >= 15 is 0 Å². The highest BCUT2D eigenvalue weighted by atomic mass is 16.6. The van der Waals surface area contributed by atoms with Crippen molar-refractivity contribution < 1.29 is 9.53 Å². The summed E-state index contributed by atoms with van der Waals surface area (Å²) in [7, 11) is 0. The Bertz CT molecular complexity index is 204. The average Bonchev–Trinajstić information content (AvgIpc) is 1.82. The van der Waals surface area contributed by atoms with Crippen LogP contribution in [-0.2, 0) is 9.53 Å². The Hall–Kier alpha value is -0.790. The van der Waals surface area contributed by atoms with E-state index < -0.39 is 0 Å². The molecule has 0 spiro atoms. The molecule has 68 valence electrons. The van der Waals surface area contributed by atoms with Crippen molar-refractivity contribution in [3.8, 4) is 0 Å². The molecule has 1 aliphatic rings. The quantitative estimate of drug-likeness (QED) is 0.467. The van der Waals surface area contributed by atoms with Crippen LogP contribution >= 0.6 is 0 Å². The van der Waals surface area contributed by atoms with Gasteiger partial charge in [0.25, 0.3) is 0 Å². The standard InChI is InChI=1S/C10H16O2/c1-8(2)7-10(3)6-4-5-9(11)12-10/h1,4-7H2,2-3H3. The number of rotatable bonds is 2. The fourth-order valence-electron chi connectivity index (χ4n) is 1.75. The van der Waals surface area contributed by atoms with Gasteiger partial charge >= 0.3 is 5.97 Å². The van der Waals surface area contributed by atoms with Crippen LogP contribution < -0.4 is 0 Å². The van der Waals surface area contributed by atoms with Gasteiger partial charge in [-0.2, -0.15) is 0 Å². The second kappa shape index (κ2) is 3.30. The molecule has 0 aromatic carbocycles. The number of carbonyl (C=O) groups is 1. The van der Waals surface area contributed by atoms with E-state index in [2.05, 4.69) is 6.58 Å². The zero-order valence-corrected chi connectivity index (χ0v) is 7.85. The van der Waals surface area contributed by atoms with Gasteiger partial charge in [-0.1, -0.05) is 12.2 Å². The number of hydrogen-bond donors (Lipinski definition) is 0. The minimum Gasteiger partial charge on any atom is -0.459 e. The number of esters is 1. The molecule has 2 heteroatoms. The van der Waals surface area contributed by atoms with Crippen LogP contribution in [0.25, 0.3) is 0 Å². The van der Waals surface area contributed by atoms with Crippen LogP contribution in [0.15, 0.2) is 12.2 Å². The van der Waals surface area contributed by atoms with Gasteiger partial charge in [0.2, 0.25) is 0 Å². The first kappa shape index (κ1) is 9.30. The first-order valence-corrected chi connectivity index (χ1v) is 4.38. The van der Waals surface area contributed by atoms with E-state index in [0.29, 0.717) is 6.42 Å². The summed E-state index contributed by atoms with van der Waals surface area (Å²) in [4.78, 5) is 11.0. The Morgan fingerprint density at radius 3 is 2.92 bits per heavy atom. The lowest BCUT2D eigenvalue weighted by Crippen LogP contribution is -2.35. The monoisotopic (exact) mass is 168 g/mol. The molecule has 0 aromatic heterocycles. The predicted molar refractivity (Wildman–Crippen MR) is 47.8 cm³/mol. The lowest BCUT2D eigenvalue weighted by Gasteiger charge is -2.33. The van der Waals surface area contributed by atoms with E-state index in [4.69, 9.17) is 4.74 Å². The largest absolute Gasteiger partial charge is 0.459 e. The Labute approximate surface area is 73.6 Å². The molecule has 0 aromatic rings. The van der Waals surface area contributed by atoms with Gasteiger partial charge in [-0.15, -0.1) is 0 Å². The number of ether oxygens (including phenoxy) is 1. The maximum Gasteiger partial charge on any atom is 0.306 e. The summed E-state index contributed by atoms with van der Waals surface area (Å²) in [6, 6.07) is 0. The van der Waals surface area contributed by atoms with Gasteiger partial charge in [0.05, 0.1) is 0 Å². The summed E-state index contributed by atoms with van der Waals surface area (Å²) in [6.45, 7) is 7.78. The van der Waals surface area contributed by atoms with Crippen molar-refractivity contribution in [1.82, 2.24) is 0 Å². The van der Waals surface area contributed by atoms with Gasteiger partial charge in [-0.05, 0) is 26.7 Å². The van der Waals surface area contributed by atoms with Crippen LogP contribution in [0.3, 0.4) is 0 Å². The molecule has 1 fully saturated rings. The Morgan fingerprint density at radius 2 is 2.42 bits per heavy atom.